The van der Waals surface area contributed by atoms with Crippen molar-refractivity contribution in [2.75, 3.05) is 18.5 Å². The summed E-state index contributed by atoms with van der Waals surface area (Å²) >= 11 is 0. The van der Waals surface area contributed by atoms with Crippen molar-refractivity contribution in [1.82, 2.24) is 5.32 Å². The molecule has 0 spiro atoms. The number of Topliss-reactive ketones (excluding diaryl/α,β-unsaturated/α-hetero) is 1. The Morgan fingerprint density at radius 2 is 1.92 bits per heavy atom. The molecule has 1 unspecified atom stereocenters. The topological polar surface area (TPSA) is 87.7 Å². The number of ketones is 1. The fourth-order valence-corrected chi connectivity index (χ4v) is 2.16. The van der Waals surface area contributed by atoms with E-state index < -0.39 is 12.1 Å². The van der Waals surface area contributed by atoms with Gasteiger partial charge in [-0.1, -0.05) is 24.3 Å². The smallest absolute Gasteiger partial charge is 0.319 e. The van der Waals surface area contributed by atoms with Gasteiger partial charge >= 0.3 is 6.03 Å². The van der Waals surface area contributed by atoms with Crippen LogP contribution < -0.4 is 15.4 Å². The Balaban J connectivity index is 1.75. The number of carbonyl (C=O) groups excluding carboxylic acids is 2. The number of benzene rings is 2. The fourth-order valence-electron chi connectivity index (χ4n) is 2.16. The zero-order valence-corrected chi connectivity index (χ0v) is 14.3. The summed E-state index contributed by atoms with van der Waals surface area (Å²) in [5.74, 6) is 0.595. The monoisotopic (exact) mass is 342 g/mol. The number of hydrogen-bond acceptors (Lipinski definition) is 4. The summed E-state index contributed by atoms with van der Waals surface area (Å²) in [6, 6.07) is 13.7. The number of aliphatic hydroxyl groups excluding tert-OH is 1. The third-order valence-corrected chi connectivity index (χ3v) is 3.46. The van der Waals surface area contributed by atoms with Crippen molar-refractivity contribution in [3.63, 3.8) is 0 Å². The van der Waals surface area contributed by atoms with Crippen LogP contribution in [0.1, 0.15) is 22.8 Å². The number of amides is 2. The number of aryl methyl sites for hydroxylation is 1. The van der Waals surface area contributed by atoms with Crippen LogP contribution in [0.25, 0.3) is 0 Å². The zero-order valence-electron chi connectivity index (χ0n) is 14.3. The van der Waals surface area contributed by atoms with Gasteiger partial charge < -0.3 is 20.5 Å². The van der Waals surface area contributed by atoms with E-state index in [0.29, 0.717) is 17.0 Å². The van der Waals surface area contributed by atoms with Crippen molar-refractivity contribution in [3.05, 3.63) is 59.7 Å². The fraction of sp³-hybridized carbons (Fsp3) is 0.263. The number of nitrogens with one attached hydrogen (secondary N) is 2. The van der Waals surface area contributed by atoms with Crippen LogP contribution in [0.4, 0.5) is 10.5 Å². The average molecular weight is 342 g/mol. The maximum Gasteiger partial charge on any atom is 0.319 e. The highest BCUT2D eigenvalue weighted by Crippen LogP contribution is 2.13. The summed E-state index contributed by atoms with van der Waals surface area (Å²) in [4.78, 5) is 23.2. The van der Waals surface area contributed by atoms with Crippen LogP contribution >= 0.6 is 0 Å². The van der Waals surface area contributed by atoms with Gasteiger partial charge in [0, 0.05) is 17.8 Å². The summed E-state index contributed by atoms with van der Waals surface area (Å²) in [5.41, 5.74) is 2.09. The minimum absolute atomic E-state index is 0.0457. The van der Waals surface area contributed by atoms with E-state index in [0.717, 1.165) is 5.56 Å². The molecule has 0 aliphatic rings. The Bertz CT molecular complexity index is 746. The normalized spacial score (nSPS) is 11.5. The van der Waals surface area contributed by atoms with Gasteiger partial charge in [0.05, 0.1) is 0 Å². The molecule has 6 heteroatoms. The van der Waals surface area contributed by atoms with Crippen LogP contribution in [0, 0.1) is 6.92 Å². The SMILES string of the molecule is CC(=O)c1cccc(NC(=O)NCC(O)COc2cccc(C)c2)c1. The quantitative estimate of drug-likeness (QED) is 0.675. The van der Waals surface area contributed by atoms with Crippen LogP contribution in [-0.4, -0.2) is 36.2 Å². The number of hydrogen-bond donors (Lipinski definition) is 3. The summed E-state index contributed by atoms with van der Waals surface area (Å²) in [5, 5.41) is 15.1. The van der Waals surface area contributed by atoms with Crippen LogP contribution in [0.3, 0.4) is 0 Å². The van der Waals surface area contributed by atoms with E-state index in [-0.39, 0.29) is 18.9 Å². The lowest BCUT2D eigenvalue weighted by Crippen LogP contribution is -2.37. The van der Waals surface area contributed by atoms with E-state index in [2.05, 4.69) is 10.6 Å². The highest BCUT2D eigenvalue weighted by atomic mass is 16.5. The molecule has 2 aromatic rings. The van der Waals surface area contributed by atoms with Gasteiger partial charge in [0.25, 0.3) is 0 Å². The first-order chi connectivity index (χ1) is 11.9. The predicted octanol–water partition coefficient (Wildman–Crippen LogP) is 2.76. The van der Waals surface area contributed by atoms with Crippen molar-refractivity contribution in [1.29, 1.82) is 0 Å². The number of aliphatic hydroxyl groups is 1. The highest BCUT2D eigenvalue weighted by Gasteiger charge is 2.09. The molecule has 0 saturated heterocycles. The second-order valence-corrected chi connectivity index (χ2v) is 5.75. The van der Waals surface area contributed by atoms with Crippen molar-refractivity contribution in [2.45, 2.75) is 20.0 Å². The lowest BCUT2D eigenvalue weighted by atomic mass is 10.1. The Morgan fingerprint density at radius 3 is 2.64 bits per heavy atom. The molecule has 2 amide bonds. The van der Waals surface area contributed by atoms with Gasteiger partial charge in [0.2, 0.25) is 0 Å². The largest absolute Gasteiger partial charge is 0.491 e. The Morgan fingerprint density at radius 1 is 1.16 bits per heavy atom. The molecule has 6 nitrogen and oxygen atoms in total. The second-order valence-electron chi connectivity index (χ2n) is 5.75. The first-order valence-corrected chi connectivity index (χ1v) is 7.97. The molecule has 1 atom stereocenters. The molecule has 0 heterocycles. The van der Waals surface area contributed by atoms with Crippen molar-refractivity contribution >= 4 is 17.5 Å². The lowest BCUT2D eigenvalue weighted by Gasteiger charge is -2.14. The van der Waals surface area contributed by atoms with Crippen LogP contribution in [0.2, 0.25) is 0 Å². The molecule has 132 valence electrons. The van der Waals surface area contributed by atoms with Crippen molar-refractivity contribution < 1.29 is 19.4 Å². The Hall–Kier alpha value is -2.86. The molecule has 0 radical (unpaired) electrons. The van der Waals surface area contributed by atoms with E-state index in [1.165, 1.54) is 6.92 Å². The number of anilines is 1. The Kier molecular flexibility index (Phi) is 6.54. The number of ether oxygens (including phenoxy) is 1. The molecular weight excluding hydrogens is 320 g/mol. The van der Waals surface area contributed by atoms with Gasteiger partial charge in [-0.25, -0.2) is 4.79 Å². The number of rotatable bonds is 7. The van der Waals surface area contributed by atoms with E-state index in [1.807, 2.05) is 31.2 Å². The Labute approximate surface area is 146 Å². The molecular formula is C19H22N2O4. The van der Waals surface area contributed by atoms with Gasteiger partial charge in [-0.3, -0.25) is 4.79 Å². The molecule has 0 fully saturated rings. The van der Waals surface area contributed by atoms with Crippen molar-refractivity contribution in [2.24, 2.45) is 0 Å². The molecule has 0 bridgehead atoms. The molecule has 0 aromatic heterocycles. The second kappa shape index (κ2) is 8.84. The summed E-state index contributed by atoms with van der Waals surface area (Å²) in [7, 11) is 0. The maximum absolute atomic E-state index is 11.9. The zero-order chi connectivity index (χ0) is 18.2. The number of carbonyl (C=O) groups is 2. The lowest BCUT2D eigenvalue weighted by molar-refractivity contribution is 0.101. The first-order valence-electron chi connectivity index (χ1n) is 7.97. The predicted molar refractivity (Wildman–Crippen MR) is 96.1 cm³/mol. The molecule has 0 aliphatic heterocycles. The van der Waals surface area contributed by atoms with Crippen LogP contribution in [0.15, 0.2) is 48.5 Å². The standard InChI is InChI=1S/C19H22N2O4/c1-13-5-3-8-18(9-13)25-12-17(23)11-20-19(24)21-16-7-4-6-15(10-16)14(2)22/h3-10,17,23H,11-12H2,1-2H3,(H2,20,21,24). The van der Waals surface area contributed by atoms with Gasteiger partial charge in [0.1, 0.15) is 18.5 Å². The highest BCUT2D eigenvalue weighted by molar-refractivity contribution is 5.96. The van der Waals surface area contributed by atoms with Gasteiger partial charge in [0.15, 0.2) is 5.78 Å². The molecule has 25 heavy (non-hydrogen) atoms. The van der Waals surface area contributed by atoms with Crippen LogP contribution in [-0.2, 0) is 0 Å². The molecule has 2 aromatic carbocycles. The number of urea groups is 1. The van der Waals surface area contributed by atoms with Gasteiger partial charge in [-0.05, 0) is 43.7 Å². The maximum atomic E-state index is 11.9. The average Bonchev–Trinajstić information content (AvgIpc) is 2.58. The van der Waals surface area contributed by atoms with Gasteiger partial charge in [-0.2, -0.15) is 0 Å². The summed E-state index contributed by atoms with van der Waals surface area (Å²) in [6.45, 7) is 3.54. The minimum Gasteiger partial charge on any atom is -0.491 e. The molecule has 3 N–H and O–H groups in total. The van der Waals surface area contributed by atoms with E-state index in [1.54, 1.807) is 24.3 Å². The first kappa shape index (κ1) is 18.5. The molecule has 0 saturated carbocycles. The summed E-state index contributed by atoms with van der Waals surface area (Å²) < 4.78 is 5.48. The molecule has 2 rings (SSSR count). The van der Waals surface area contributed by atoms with Crippen LogP contribution in [0.5, 0.6) is 5.75 Å². The van der Waals surface area contributed by atoms with Gasteiger partial charge in [-0.15, -0.1) is 0 Å². The third kappa shape index (κ3) is 6.27. The van der Waals surface area contributed by atoms with Crippen molar-refractivity contribution in [3.8, 4) is 5.75 Å². The third-order valence-electron chi connectivity index (χ3n) is 3.46. The molecule has 0 aliphatic carbocycles. The van der Waals surface area contributed by atoms with E-state index in [9.17, 15) is 14.7 Å². The summed E-state index contributed by atoms with van der Waals surface area (Å²) in [6.07, 6.45) is -0.838. The van der Waals surface area contributed by atoms with E-state index in [4.69, 9.17) is 4.74 Å². The van der Waals surface area contributed by atoms with E-state index >= 15 is 0 Å². The minimum atomic E-state index is -0.838.